The molecule has 1 atom stereocenters. The highest BCUT2D eigenvalue weighted by Gasteiger charge is 2.13. The van der Waals surface area contributed by atoms with Gasteiger partial charge in [-0.2, -0.15) is 5.10 Å². The van der Waals surface area contributed by atoms with Gasteiger partial charge in [-0.3, -0.25) is 5.10 Å². The van der Waals surface area contributed by atoms with Crippen LogP contribution in [-0.4, -0.2) is 19.9 Å². The summed E-state index contributed by atoms with van der Waals surface area (Å²) in [5, 5.41) is 17.1. The minimum absolute atomic E-state index is 0.447. The van der Waals surface area contributed by atoms with Crippen molar-refractivity contribution in [3.8, 4) is 0 Å². The normalized spacial score (nSPS) is 12.6. The lowest BCUT2D eigenvalue weighted by Gasteiger charge is -2.11. The molecule has 6 heteroatoms. The third-order valence-corrected chi connectivity index (χ3v) is 3.62. The van der Waals surface area contributed by atoms with Gasteiger partial charge in [0, 0.05) is 17.4 Å². The molecule has 0 aliphatic heterocycles. The fourth-order valence-corrected chi connectivity index (χ4v) is 2.35. The minimum Gasteiger partial charge on any atom is -0.388 e. The van der Waals surface area contributed by atoms with Crippen LogP contribution in [0.2, 0.25) is 0 Å². The number of aliphatic hydroxyl groups excluding tert-OH is 1. The molecule has 1 unspecified atom stereocenters. The largest absolute Gasteiger partial charge is 0.388 e. The van der Waals surface area contributed by atoms with Crippen LogP contribution >= 0.6 is 28.1 Å². The summed E-state index contributed by atoms with van der Waals surface area (Å²) in [6, 6.07) is 7.61. The van der Waals surface area contributed by atoms with Crippen molar-refractivity contribution in [1.29, 1.82) is 0 Å². The van der Waals surface area contributed by atoms with E-state index in [1.54, 1.807) is 0 Å². The van der Waals surface area contributed by atoms with Crippen molar-refractivity contribution >= 4 is 28.1 Å². The van der Waals surface area contributed by atoms with Crippen molar-refractivity contribution in [2.45, 2.75) is 26.0 Å². The predicted molar refractivity (Wildman–Crippen MR) is 75.9 cm³/mol. The van der Waals surface area contributed by atoms with E-state index in [1.807, 2.05) is 35.8 Å². The first-order valence-electron chi connectivity index (χ1n) is 5.69. The molecule has 0 aliphatic carbocycles. The van der Waals surface area contributed by atoms with E-state index in [0.717, 1.165) is 22.4 Å². The second-order valence-electron chi connectivity index (χ2n) is 3.96. The Bertz CT molecular complexity index is 576. The zero-order chi connectivity index (χ0) is 13.1. The third-order valence-electron chi connectivity index (χ3n) is 2.78. The van der Waals surface area contributed by atoms with E-state index in [9.17, 15) is 5.11 Å². The van der Waals surface area contributed by atoms with E-state index in [-0.39, 0.29) is 0 Å². The lowest BCUT2D eigenvalue weighted by molar-refractivity contribution is 0.174. The molecule has 0 aliphatic rings. The molecule has 1 aromatic carbocycles. The van der Waals surface area contributed by atoms with Gasteiger partial charge in [-0.15, -0.1) is 0 Å². The first-order valence-corrected chi connectivity index (χ1v) is 6.89. The van der Waals surface area contributed by atoms with Gasteiger partial charge in [0.25, 0.3) is 0 Å². The number of aromatic amines is 1. The molecule has 18 heavy (non-hydrogen) atoms. The van der Waals surface area contributed by atoms with Gasteiger partial charge >= 0.3 is 0 Å². The Morgan fingerprint density at radius 2 is 2.11 bits per heavy atom. The molecular weight excluding hydrogens is 314 g/mol. The third kappa shape index (κ3) is 2.88. The van der Waals surface area contributed by atoms with Crippen molar-refractivity contribution in [2.75, 3.05) is 0 Å². The van der Waals surface area contributed by atoms with Gasteiger partial charge in [0.05, 0.1) is 6.10 Å². The lowest BCUT2D eigenvalue weighted by Crippen LogP contribution is -2.08. The van der Waals surface area contributed by atoms with Gasteiger partial charge in [0.15, 0.2) is 4.77 Å². The van der Waals surface area contributed by atoms with Crippen molar-refractivity contribution < 1.29 is 5.11 Å². The van der Waals surface area contributed by atoms with E-state index in [2.05, 4.69) is 26.1 Å². The molecule has 4 nitrogen and oxygen atoms in total. The lowest BCUT2D eigenvalue weighted by atomic mass is 10.1. The van der Waals surface area contributed by atoms with Crippen LogP contribution < -0.4 is 0 Å². The molecule has 2 rings (SSSR count). The molecule has 1 aromatic heterocycles. The summed E-state index contributed by atoms with van der Waals surface area (Å²) in [6.07, 6.45) is -0.128. The van der Waals surface area contributed by atoms with Crippen molar-refractivity contribution in [2.24, 2.45) is 0 Å². The number of aliphatic hydroxyl groups is 1. The molecule has 0 spiro atoms. The number of H-pyrrole nitrogens is 1. The Hall–Kier alpha value is -0.980. The van der Waals surface area contributed by atoms with Crippen molar-refractivity contribution in [1.82, 2.24) is 14.8 Å². The maximum absolute atomic E-state index is 10.2. The van der Waals surface area contributed by atoms with Gasteiger partial charge < -0.3 is 9.67 Å². The van der Waals surface area contributed by atoms with Crippen LogP contribution in [-0.2, 0) is 13.0 Å². The molecule has 0 amide bonds. The summed E-state index contributed by atoms with van der Waals surface area (Å²) in [4.78, 5) is 0. The maximum Gasteiger partial charge on any atom is 0.195 e. The van der Waals surface area contributed by atoms with Crippen molar-refractivity contribution in [3.63, 3.8) is 0 Å². The first-order chi connectivity index (χ1) is 8.61. The maximum atomic E-state index is 10.2. The van der Waals surface area contributed by atoms with Crippen LogP contribution in [0, 0.1) is 4.77 Å². The van der Waals surface area contributed by atoms with Crippen LogP contribution in [0.5, 0.6) is 0 Å². The fourth-order valence-electron chi connectivity index (χ4n) is 1.81. The number of hydrogen-bond donors (Lipinski definition) is 2. The van der Waals surface area contributed by atoms with E-state index < -0.39 is 6.10 Å². The van der Waals surface area contributed by atoms with Gasteiger partial charge in [0.1, 0.15) is 5.82 Å². The van der Waals surface area contributed by atoms with Crippen LogP contribution in [0.1, 0.15) is 24.4 Å². The second kappa shape index (κ2) is 5.77. The number of halogens is 1. The molecule has 0 saturated carbocycles. The summed E-state index contributed by atoms with van der Waals surface area (Å²) in [5.74, 6) is 0.776. The summed E-state index contributed by atoms with van der Waals surface area (Å²) in [6.45, 7) is 2.75. The van der Waals surface area contributed by atoms with Gasteiger partial charge in [-0.1, -0.05) is 28.1 Å². The predicted octanol–water partition coefficient (Wildman–Crippen LogP) is 3.00. The summed E-state index contributed by atoms with van der Waals surface area (Å²) in [7, 11) is 0. The molecule has 0 fully saturated rings. The average Bonchev–Trinajstić information content (AvgIpc) is 2.70. The number of aromatic nitrogens is 3. The van der Waals surface area contributed by atoms with Crippen LogP contribution in [0.4, 0.5) is 0 Å². The number of benzene rings is 1. The van der Waals surface area contributed by atoms with Gasteiger partial charge in [-0.25, -0.2) is 0 Å². The standard InChI is InChI=1S/C12H14BrN3OS/c1-2-16-11(14-15-12(16)18)7-10(17)8-3-5-9(13)6-4-8/h3-6,10,17H,2,7H2,1H3,(H,15,18). The van der Waals surface area contributed by atoms with E-state index in [0.29, 0.717) is 11.2 Å². The van der Waals surface area contributed by atoms with Crippen molar-refractivity contribution in [3.05, 3.63) is 44.9 Å². The zero-order valence-electron chi connectivity index (χ0n) is 9.93. The Morgan fingerprint density at radius 1 is 1.44 bits per heavy atom. The molecule has 0 saturated heterocycles. The summed E-state index contributed by atoms with van der Waals surface area (Å²) < 4.78 is 3.47. The average molecular weight is 328 g/mol. The van der Waals surface area contributed by atoms with Crippen LogP contribution in [0.25, 0.3) is 0 Å². The topological polar surface area (TPSA) is 53.8 Å². The highest BCUT2D eigenvalue weighted by molar-refractivity contribution is 9.10. The van der Waals surface area contributed by atoms with E-state index in [1.165, 1.54) is 0 Å². The molecular formula is C12H14BrN3OS. The SMILES string of the molecule is CCn1c(CC(O)c2ccc(Br)cc2)n[nH]c1=S. The smallest absolute Gasteiger partial charge is 0.195 e. The van der Waals surface area contributed by atoms with Crippen LogP contribution in [0.3, 0.4) is 0 Å². The highest BCUT2D eigenvalue weighted by Crippen LogP contribution is 2.19. The fraction of sp³-hybridized carbons (Fsp3) is 0.333. The molecule has 1 heterocycles. The number of nitrogens with one attached hydrogen (secondary N) is 1. The van der Waals surface area contributed by atoms with Gasteiger partial charge in [0.2, 0.25) is 0 Å². The van der Waals surface area contributed by atoms with Crippen LogP contribution in [0.15, 0.2) is 28.7 Å². The minimum atomic E-state index is -0.575. The Balaban J connectivity index is 2.18. The Kier molecular flexibility index (Phi) is 4.31. The zero-order valence-corrected chi connectivity index (χ0v) is 12.3. The summed E-state index contributed by atoms with van der Waals surface area (Å²) >= 11 is 8.49. The number of hydrogen-bond acceptors (Lipinski definition) is 3. The van der Waals surface area contributed by atoms with E-state index >= 15 is 0 Å². The monoisotopic (exact) mass is 327 g/mol. The highest BCUT2D eigenvalue weighted by atomic mass is 79.9. The molecule has 2 aromatic rings. The Labute approximate surface area is 119 Å². The first kappa shape index (κ1) is 13.5. The summed E-state index contributed by atoms with van der Waals surface area (Å²) in [5.41, 5.74) is 0.870. The quantitative estimate of drug-likeness (QED) is 0.849. The van der Waals surface area contributed by atoms with E-state index in [4.69, 9.17) is 12.2 Å². The second-order valence-corrected chi connectivity index (χ2v) is 5.26. The molecule has 96 valence electrons. The number of rotatable bonds is 4. The molecule has 2 N–H and O–H groups in total. The molecule has 0 radical (unpaired) electrons. The Morgan fingerprint density at radius 3 is 2.72 bits per heavy atom. The molecule has 0 bridgehead atoms. The van der Waals surface area contributed by atoms with Gasteiger partial charge in [-0.05, 0) is 36.8 Å². The number of nitrogens with zero attached hydrogens (tertiary/aromatic N) is 2.